The highest BCUT2D eigenvalue weighted by atomic mass is 35.5. The molecule has 1 aliphatic rings. The van der Waals surface area contributed by atoms with E-state index in [1.54, 1.807) is 0 Å². The van der Waals surface area contributed by atoms with Crippen molar-refractivity contribution in [2.75, 3.05) is 19.4 Å². The molecule has 0 spiro atoms. The van der Waals surface area contributed by atoms with E-state index in [-0.39, 0.29) is 42.7 Å². The van der Waals surface area contributed by atoms with Crippen molar-refractivity contribution in [1.29, 1.82) is 0 Å². The third-order valence-corrected chi connectivity index (χ3v) is 3.85. The zero-order valence-corrected chi connectivity index (χ0v) is 15.1. The Hall–Kier alpha value is -0.810. The van der Waals surface area contributed by atoms with Gasteiger partial charge in [-0.3, -0.25) is 4.79 Å². The molecule has 1 aromatic rings. The van der Waals surface area contributed by atoms with Gasteiger partial charge in [0, 0.05) is 24.2 Å². The van der Waals surface area contributed by atoms with Gasteiger partial charge in [0.15, 0.2) is 0 Å². The molecule has 2 unspecified atom stereocenters. The summed E-state index contributed by atoms with van der Waals surface area (Å²) in [6.45, 7) is 2.89. The number of aryl methyl sites for hydroxylation is 1. The number of nitrogens with two attached hydrogens (primary N) is 1. The summed E-state index contributed by atoms with van der Waals surface area (Å²) in [7, 11) is 4.06. The van der Waals surface area contributed by atoms with Crippen molar-refractivity contribution >= 4 is 36.4 Å². The van der Waals surface area contributed by atoms with Crippen LogP contribution in [0.25, 0.3) is 0 Å². The van der Waals surface area contributed by atoms with E-state index in [2.05, 4.69) is 23.2 Å². The van der Waals surface area contributed by atoms with Crippen LogP contribution in [0.1, 0.15) is 30.4 Å². The normalized spacial score (nSPS) is 20.2. The highest BCUT2D eigenvalue weighted by Crippen LogP contribution is 2.26. The molecule has 0 saturated heterocycles. The lowest BCUT2D eigenvalue weighted by Crippen LogP contribution is -2.24. The Balaban J connectivity index is 0.00000220. The fourth-order valence-corrected chi connectivity index (χ4v) is 2.81. The van der Waals surface area contributed by atoms with Gasteiger partial charge in [0.05, 0.1) is 0 Å². The summed E-state index contributed by atoms with van der Waals surface area (Å²) in [5.74, 6) is 0.181. The number of carbonyl (C=O) groups is 1. The van der Waals surface area contributed by atoms with E-state index in [0.29, 0.717) is 0 Å². The molecule has 0 aromatic heterocycles. The van der Waals surface area contributed by atoms with Crippen molar-refractivity contribution < 1.29 is 4.79 Å². The molecule has 4 nitrogen and oxygen atoms in total. The SMILES string of the molecule is Cc1ccc(NC(=O)C2CCC(N)C2)c(CN(C)C)c1.Cl.Cl. The Labute approximate surface area is 145 Å². The van der Waals surface area contributed by atoms with Gasteiger partial charge in [-0.1, -0.05) is 17.7 Å². The number of hydrogen-bond acceptors (Lipinski definition) is 3. The van der Waals surface area contributed by atoms with Crippen molar-refractivity contribution in [3.8, 4) is 0 Å². The molecule has 1 aliphatic carbocycles. The summed E-state index contributed by atoms with van der Waals surface area (Å²) >= 11 is 0. The molecule has 0 heterocycles. The fraction of sp³-hybridized carbons (Fsp3) is 0.562. The Morgan fingerprint density at radius 2 is 2.00 bits per heavy atom. The van der Waals surface area contributed by atoms with Crippen LogP contribution in [0.3, 0.4) is 0 Å². The molecule has 2 rings (SSSR count). The predicted molar refractivity (Wildman–Crippen MR) is 97.0 cm³/mol. The first kappa shape index (κ1) is 21.2. The van der Waals surface area contributed by atoms with Gasteiger partial charge in [0.1, 0.15) is 0 Å². The van der Waals surface area contributed by atoms with Crippen molar-refractivity contribution in [2.45, 2.75) is 38.8 Å². The number of nitrogens with one attached hydrogen (secondary N) is 1. The summed E-state index contributed by atoms with van der Waals surface area (Å²) in [6.07, 6.45) is 2.67. The average molecular weight is 348 g/mol. The molecule has 0 bridgehead atoms. The summed E-state index contributed by atoms with van der Waals surface area (Å²) in [5.41, 5.74) is 9.18. The molecule has 0 radical (unpaired) electrons. The highest BCUT2D eigenvalue weighted by Gasteiger charge is 2.28. The third-order valence-electron chi connectivity index (χ3n) is 3.85. The quantitative estimate of drug-likeness (QED) is 0.880. The van der Waals surface area contributed by atoms with Crippen LogP contribution in [0.2, 0.25) is 0 Å². The Morgan fingerprint density at radius 3 is 2.55 bits per heavy atom. The van der Waals surface area contributed by atoms with E-state index in [4.69, 9.17) is 5.73 Å². The first-order chi connectivity index (χ1) is 9.45. The van der Waals surface area contributed by atoms with Gasteiger partial charge < -0.3 is 16.0 Å². The van der Waals surface area contributed by atoms with E-state index >= 15 is 0 Å². The first-order valence-corrected chi connectivity index (χ1v) is 7.26. The van der Waals surface area contributed by atoms with Gasteiger partial charge >= 0.3 is 0 Å². The smallest absolute Gasteiger partial charge is 0.227 e. The minimum Gasteiger partial charge on any atom is -0.328 e. The van der Waals surface area contributed by atoms with E-state index in [0.717, 1.165) is 37.1 Å². The Morgan fingerprint density at radius 1 is 1.32 bits per heavy atom. The standard InChI is InChI=1S/C16H25N3O.2ClH/c1-11-4-7-15(13(8-11)10-19(2)3)18-16(20)12-5-6-14(17)9-12;;/h4,7-8,12,14H,5-6,9-10,17H2,1-3H3,(H,18,20);2*1H. The maximum absolute atomic E-state index is 12.3. The van der Waals surface area contributed by atoms with Crippen LogP contribution in [0.5, 0.6) is 0 Å². The van der Waals surface area contributed by atoms with Crippen LogP contribution in [0.4, 0.5) is 5.69 Å². The molecule has 1 aromatic carbocycles. The molecule has 22 heavy (non-hydrogen) atoms. The number of halogens is 2. The molecule has 0 aliphatic heterocycles. The second-order valence-corrected chi connectivity index (χ2v) is 6.16. The summed E-state index contributed by atoms with van der Waals surface area (Å²) < 4.78 is 0. The summed E-state index contributed by atoms with van der Waals surface area (Å²) in [4.78, 5) is 14.4. The van der Waals surface area contributed by atoms with Gasteiger partial charge in [0.25, 0.3) is 0 Å². The zero-order chi connectivity index (χ0) is 14.7. The predicted octanol–water partition coefficient (Wildman–Crippen LogP) is 2.97. The monoisotopic (exact) mass is 347 g/mol. The topological polar surface area (TPSA) is 58.4 Å². The lowest BCUT2D eigenvalue weighted by atomic mass is 10.1. The van der Waals surface area contributed by atoms with Crippen LogP contribution in [-0.4, -0.2) is 30.9 Å². The van der Waals surface area contributed by atoms with Crippen molar-refractivity contribution in [1.82, 2.24) is 4.90 Å². The third kappa shape index (κ3) is 5.76. The largest absolute Gasteiger partial charge is 0.328 e. The molecule has 1 fully saturated rings. The van der Waals surface area contributed by atoms with Crippen molar-refractivity contribution in [3.63, 3.8) is 0 Å². The number of nitrogens with zero attached hydrogens (tertiary/aromatic N) is 1. The molecule has 126 valence electrons. The van der Waals surface area contributed by atoms with Gasteiger partial charge in [-0.05, 0) is 51.9 Å². The van der Waals surface area contributed by atoms with Crippen LogP contribution in [0, 0.1) is 12.8 Å². The van der Waals surface area contributed by atoms with Crippen LogP contribution in [-0.2, 0) is 11.3 Å². The molecular weight excluding hydrogens is 321 g/mol. The van der Waals surface area contributed by atoms with Gasteiger partial charge in [-0.15, -0.1) is 24.8 Å². The molecule has 1 amide bonds. The molecule has 3 N–H and O–H groups in total. The second kappa shape index (κ2) is 9.36. The molecule has 1 saturated carbocycles. The van der Waals surface area contributed by atoms with Crippen molar-refractivity contribution in [2.24, 2.45) is 11.7 Å². The van der Waals surface area contributed by atoms with E-state index in [1.807, 2.05) is 26.2 Å². The van der Waals surface area contributed by atoms with E-state index in [1.165, 1.54) is 5.56 Å². The van der Waals surface area contributed by atoms with E-state index in [9.17, 15) is 4.79 Å². The number of carbonyl (C=O) groups excluding carboxylic acids is 1. The maximum Gasteiger partial charge on any atom is 0.227 e. The fourth-order valence-electron chi connectivity index (χ4n) is 2.81. The maximum atomic E-state index is 12.3. The first-order valence-electron chi connectivity index (χ1n) is 7.26. The van der Waals surface area contributed by atoms with Crippen LogP contribution >= 0.6 is 24.8 Å². The van der Waals surface area contributed by atoms with Gasteiger partial charge in [0.2, 0.25) is 5.91 Å². The number of rotatable bonds is 4. The number of benzene rings is 1. The van der Waals surface area contributed by atoms with Gasteiger partial charge in [-0.25, -0.2) is 0 Å². The Bertz CT molecular complexity index is 494. The average Bonchev–Trinajstić information content (AvgIpc) is 2.78. The van der Waals surface area contributed by atoms with E-state index < -0.39 is 0 Å². The number of amides is 1. The second-order valence-electron chi connectivity index (χ2n) is 6.16. The minimum absolute atomic E-state index is 0. The van der Waals surface area contributed by atoms with Crippen LogP contribution < -0.4 is 11.1 Å². The van der Waals surface area contributed by atoms with Gasteiger partial charge in [-0.2, -0.15) is 0 Å². The molecule has 2 atom stereocenters. The highest BCUT2D eigenvalue weighted by molar-refractivity contribution is 5.93. The van der Waals surface area contributed by atoms with Crippen LogP contribution in [0.15, 0.2) is 18.2 Å². The zero-order valence-electron chi connectivity index (χ0n) is 13.5. The summed E-state index contributed by atoms with van der Waals surface area (Å²) in [5, 5.41) is 3.08. The number of hydrogen-bond donors (Lipinski definition) is 2. The lowest BCUT2D eigenvalue weighted by Gasteiger charge is -2.17. The molecule has 6 heteroatoms. The van der Waals surface area contributed by atoms with Crippen molar-refractivity contribution in [3.05, 3.63) is 29.3 Å². The summed E-state index contributed by atoms with van der Waals surface area (Å²) in [6, 6.07) is 6.36. The Kier molecular flexibility index (Phi) is 9.01. The lowest BCUT2D eigenvalue weighted by molar-refractivity contribution is -0.119. The number of anilines is 1. The minimum atomic E-state index is 0. The molecular formula is C16H27Cl2N3O.